The average Bonchev–Trinajstić information content (AvgIpc) is 3.08. The van der Waals surface area contributed by atoms with Gasteiger partial charge in [-0.3, -0.25) is 4.79 Å². The molecule has 0 spiro atoms. The fourth-order valence-electron chi connectivity index (χ4n) is 4.46. The van der Waals surface area contributed by atoms with Crippen LogP contribution in [0.5, 0.6) is 0 Å². The molecule has 1 saturated heterocycles. The molecule has 0 unspecified atom stereocenters. The highest BCUT2D eigenvalue weighted by Gasteiger charge is 2.23. The molecule has 4 nitrogen and oxygen atoms in total. The molecule has 2 heterocycles. The van der Waals surface area contributed by atoms with Crippen LogP contribution in [0.1, 0.15) is 30.1 Å². The Morgan fingerprint density at radius 3 is 2.53 bits per heavy atom. The standard InChI is InChI=1S/C24H27F2N3O/c1-17-14-19-4-7-21(27-24(30)16-25)15-23(19)29(17)22-9-12-28(13-10-22)11-8-18-2-5-20(26)6-3-18/h2-7,14-15,22H,8-13,16H2,1H3,(H,27,30). The van der Waals surface area contributed by atoms with Crippen molar-refractivity contribution in [3.05, 3.63) is 65.6 Å². The molecule has 0 atom stereocenters. The summed E-state index contributed by atoms with van der Waals surface area (Å²) in [5.41, 5.74) is 4.06. The van der Waals surface area contributed by atoms with Crippen LogP contribution in [-0.4, -0.2) is 41.7 Å². The second-order valence-electron chi connectivity index (χ2n) is 8.06. The van der Waals surface area contributed by atoms with Crippen molar-refractivity contribution < 1.29 is 13.6 Å². The van der Waals surface area contributed by atoms with Crippen molar-refractivity contribution in [2.45, 2.75) is 32.2 Å². The smallest absolute Gasteiger partial charge is 0.255 e. The first-order valence-corrected chi connectivity index (χ1v) is 10.5. The number of hydrogen-bond acceptors (Lipinski definition) is 2. The van der Waals surface area contributed by atoms with Crippen LogP contribution in [0.4, 0.5) is 14.5 Å². The summed E-state index contributed by atoms with van der Waals surface area (Å²) in [6.45, 7) is 4.10. The van der Waals surface area contributed by atoms with Crippen LogP contribution >= 0.6 is 0 Å². The first kappa shape index (κ1) is 20.5. The highest BCUT2D eigenvalue weighted by molar-refractivity contribution is 5.94. The van der Waals surface area contributed by atoms with Crippen LogP contribution in [0.25, 0.3) is 10.9 Å². The van der Waals surface area contributed by atoms with Gasteiger partial charge in [-0.2, -0.15) is 0 Å². The minimum Gasteiger partial charge on any atom is -0.342 e. The number of alkyl halides is 1. The second kappa shape index (κ2) is 8.96. The third-order valence-corrected chi connectivity index (χ3v) is 5.99. The van der Waals surface area contributed by atoms with Gasteiger partial charge in [0.05, 0.1) is 5.52 Å². The number of rotatable bonds is 6. The van der Waals surface area contributed by atoms with Gasteiger partial charge in [-0.1, -0.05) is 18.2 Å². The van der Waals surface area contributed by atoms with Crippen molar-refractivity contribution in [1.29, 1.82) is 0 Å². The van der Waals surface area contributed by atoms with E-state index in [4.69, 9.17) is 0 Å². The van der Waals surface area contributed by atoms with E-state index in [9.17, 15) is 13.6 Å². The van der Waals surface area contributed by atoms with Crippen molar-refractivity contribution in [2.24, 2.45) is 0 Å². The number of amides is 1. The fraction of sp³-hybridized carbons (Fsp3) is 0.375. The van der Waals surface area contributed by atoms with Crippen molar-refractivity contribution in [2.75, 3.05) is 31.6 Å². The Morgan fingerprint density at radius 2 is 1.83 bits per heavy atom. The predicted octanol–water partition coefficient (Wildman–Crippen LogP) is 4.88. The third-order valence-electron chi connectivity index (χ3n) is 5.99. The van der Waals surface area contributed by atoms with Gasteiger partial charge < -0.3 is 14.8 Å². The average molecular weight is 411 g/mol. The Labute approximate surface area is 175 Å². The summed E-state index contributed by atoms with van der Waals surface area (Å²) in [6.07, 6.45) is 3.03. The van der Waals surface area contributed by atoms with Gasteiger partial charge in [0.1, 0.15) is 5.82 Å². The Bertz CT molecular complexity index is 1020. The molecule has 30 heavy (non-hydrogen) atoms. The van der Waals surface area contributed by atoms with E-state index >= 15 is 0 Å². The number of fused-ring (bicyclic) bond motifs is 1. The van der Waals surface area contributed by atoms with Gasteiger partial charge in [0.25, 0.3) is 5.91 Å². The maximum absolute atomic E-state index is 13.1. The summed E-state index contributed by atoms with van der Waals surface area (Å²) >= 11 is 0. The van der Waals surface area contributed by atoms with Crippen LogP contribution in [0, 0.1) is 12.7 Å². The maximum Gasteiger partial charge on any atom is 0.255 e. The van der Waals surface area contributed by atoms with E-state index in [-0.39, 0.29) is 5.82 Å². The lowest BCUT2D eigenvalue weighted by Crippen LogP contribution is -2.36. The number of aryl methyl sites for hydroxylation is 1. The molecule has 1 N–H and O–H groups in total. The molecule has 3 aromatic rings. The van der Waals surface area contributed by atoms with Gasteiger partial charge in [0, 0.05) is 42.4 Å². The number of anilines is 1. The summed E-state index contributed by atoms with van der Waals surface area (Å²) < 4.78 is 28.0. The lowest BCUT2D eigenvalue weighted by Gasteiger charge is -2.34. The molecule has 158 valence electrons. The molecule has 0 radical (unpaired) electrons. The number of likely N-dealkylation sites (tertiary alicyclic amines) is 1. The number of hydrogen-bond donors (Lipinski definition) is 1. The molecule has 2 aromatic carbocycles. The summed E-state index contributed by atoms with van der Waals surface area (Å²) in [7, 11) is 0. The van der Waals surface area contributed by atoms with E-state index < -0.39 is 12.6 Å². The van der Waals surface area contributed by atoms with Gasteiger partial charge in [0.15, 0.2) is 6.67 Å². The molecule has 4 rings (SSSR count). The zero-order chi connectivity index (χ0) is 21.1. The minimum absolute atomic E-state index is 0.193. The highest BCUT2D eigenvalue weighted by Crippen LogP contribution is 2.31. The molecule has 6 heteroatoms. The largest absolute Gasteiger partial charge is 0.342 e. The number of nitrogens with one attached hydrogen (secondary N) is 1. The number of aromatic nitrogens is 1. The Morgan fingerprint density at radius 1 is 1.10 bits per heavy atom. The second-order valence-corrected chi connectivity index (χ2v) is 8.06. The number of nitrogens with zero attached hydrogens (tertiary/aromatic N) is 2. The van der Waals surface area contributed by atoms with Gasteiger partial charge in [-0.05, 0) is 62.1 Å². The van der Waals surface area contributed by atoms with E-state index in [1.165, 1.54) is 17.8 Å². The van der Waals surface area contributed by atoms with E-state index in [2.05, 4.69) is 27.8 Å². The molecular weight excluding hydrogens is 384 g/mol. The van der Waals surface area contributed by atoms with Crippen LogP contribution in [-0.2, 0) is 11.2 Å². The van der Waals surface area contributed by atoms with Crippen molar-refractivity contribution in [3.63, 3.8) is 0 Å². The number of halogens is 2. The summed E-state index contributed by atoms with van der Waals surface area (Å²) in [5.74, 6) is -0.819. The highest BCUT2D eigenvalue weighted by atomic mass is 19.1. The zero-order valence-electron chi connectivity index (χ0n) is 17.2. The zero-order valence-corrected chi connectivity index (χ0v) is 17.2. The molecule has 0 aliphatic carbocycles. The van der Waals surface area contributed by atoms with Crippen LogP contribution in [0.3, 0.4) is 0 Å². The predicted molar refractivity (Wildman–Crippen MR) is 116 cm³/mol. The van der Waals surface area contributed by atoms with Crippen molar-refractivity contribution in [3.8, 4) is 0 Å². The van der Waals surface area contributed by atoms with E-state index in [0.29, 0.717) is 11.7 Å². The molecule has 0 bridgehead atoms. The van der Waals surface area contributed by atoms with Crippen LogP contribution < -0.4 is 5.32 Å². The number of carbonyl (C=O) groups excluding carboxylic acids is 1. The molecule has 1 amide bonds. The summed E-state index contributed by atoms with van der Waals surface area (Å²) in [6, 6.07) is 15.1. The Balaban J connectivity index is 1.42. The molecule has 1 aliphatic rings. The Kier molecular flexibility index (Phi) is 6.13. The van der Waals surface area contributed by atoms with E-state index in [1.54, 1.807) is 0 Å². The lowest BCUT2D eigenvalue weighted by molar-refractivity contribution is -0.117. The van der Waals surface area contributed by atoms with Gasteiger partial charge >= 0.3 is 0 Å². The molecule has 1 aliphatic heterocycles. The number of piperidine rings is 1. The topological polar surface area (TPSA) is 37.3 Å². The first-order chi connectivity index (χ1) is 14.5. The lowest BCUT2D eigenvalue weighted by atomic mass is 10.0. The number of benzene rings is 2. The molecular formula is C24H27F2N3O. The fourth-order valence-corrected chi connectivity index (χ4v) is 4.46. The quantitative estimate of drug-likeness (QED) is 0.628. The SMILES string of the molecule is Cc1cc2ccc(NC(=O)CF)cc2n1C1CCN(CCc2ccc(F)cc2)CC1. The monoisotopic (exact) mass is 411 g/mol. The molecule has 0 saturated carbocycles. The third kappa shape index (κ3) is 4.54. The van der Waals surface area contributed by atoms with Crippen molar-refractivity contribution >= 4 is 22.5 Å². The minimum atomic E-state index is -1.02. The van der Waals surface area contributed by atoms with Crippen LogP contribution in [0.15, 0.2) is 48.5 Å². The number of carbonyl (C=O) groups is 1. The van der Waals surface area contributed by atoms with Gasteiger partial charge in [0.2, 0.25) is 0 Å². The van der Waals surface area contributed by atoms with E-state index in [0.717, 1.165) is 55.4 Å². The normalized spacial score (nSPS) is 15.6. The summed E-state index contributed by atoms with van der Waals surface area (Å²) in [5, 5.41) is 3.74. The molecule has 1 aromatic heterocycles. The first-order valence-electron chi connectivity index (χ1n) is 10.5. The molecule has 1 fully saturated rings. The van der Waals surface area contributed by atoms with E-state index in [1.807, 2.05) is 30.3 Å². The van der Waals surface area contributed by atoms with Crippen molar-refractivity contribution in [1.82, 2.24) is 9.47 Å². The Hall–Kier alpha value is -2.73. The summed E-state index contributed by atoms with van der Waals surface area (Å²) in [4.78, 5) is 13.9. The maximum atomic E-state index is 13.1. The van der Waals surface area contributed by atoms with Gasteiger partial charge in [-0.25, -0.2) is 8.78 Å². The van der Waals surface area contributed by atoms with Crippen LogP contribution in [0.2, 0.25) is 0 Å². The van der Waals surface area contributed by atoms with Gasteiger partial charge in [-0.15, -0.1) is 0 Å².